The van der Waals surface area contributed by atoms with Crippen molar-refractivity contribution in [3.05, 3.63) is 35.9 Å². The van der Waals surface area contributed by atoms with E-state index in [0.717, 1.165) is 32.4 Å². The average molecular weight is 248 g/mol. The smallest absolute Gasteiger partial charge is 0.222 e. The standard InChI is InChI=1S/C15H24N2O/c1-2-12-17(13-6-11-16)15(18)10-9-14-7-4-3-5-8-14/h3-5,7-8H,2,6,9-13,16H2,1H3. The highest BCUT2D eigenvalue weighted by Gasteiger charge is 2.11. The Morgan fingerprint density at radius 1 is 1.22 bits per heavy atom. The zero-order valence-corrected chi connectivity index (χ0v) is 11.3. The summed E-state index contributed by atoms with van der Waals surface area (Å²) in [6.07, 6.45) is 3.30. The minimum Gasteiger partial charge on any atom is -0.343 e. The van der Waals surface area contributed by atoms with Gasteiger partial charge in [-0.25, -0.2) is 0 Å². The zero-order valence-electron chi connectivity index (χ0n) is 11.3. The van der Waals surface area contributed by atoms with E-state index < -0.39 is 0 Å². The van der Waals surface area contributed by atoms with Crippen LogP contribution in [0.2, 0.25) is 0 Å². The molecule has 18 heavy (non-hydrogen) atoms. The Bertz CT molecular complexity index is 338. The van der Waals surface area contributed by atoms with Crippen molar-refractivity contribution in [1.82, 2.24) is 4.90 Å². The lowest BCUT2D eigenvalue weighted by atomic mass is 10.1. The van der Waals surface area contributed by atoms with E-state index in [9.17, 15) is 4.79 Å². The van der Waals surface area contributed by atoms with Crippen molar-refractivity contribution in [1.29, 1.82) is 0 Å². The topological polar surface area (TPSA) is 46.3 Å². The zero-order chi connectivity index (χ0) is 13.2. The van der Waals surface area contributed by atoms with Crippen molar-refractivity contribution in [2.75, 3.05) is 19.6 Å². The van der Waals surface area contributed by atoms with Crippen molar-refractivity contribution < 1.29 is 4.79 Å². The van der Waals surface area contributed by atoms with Gasteiger partial charge in [0.05, 0.1) is 0 Å². The summed E-state index contributed by atoms with van der Waals surface area (Å²) < 4.78 is 0. The van der Waals surface area contributed by atoms with Crippen LogP contribution in [-0.4, -0.2) is 30.4 Å². The van der Waals surface area contributed by atoms with Gasteiger partial charge < -0.3 is 10.6 Å². The van der Waals surface area contributed by atoms with Crippen LogP contribution in [0.4, 0.5) is 0 Å². The number of rotatable bonds is 8. The highest BCUT2D eigenvalue weighted by atomic mass is 16.2. The number of amides is 1. The monoisotopic (exact) mass is 248 g/mol. The van der Waals surface area contributed by atoms with E-state index >= 15 is 0 Å². The summed E-state index contributed by atoms with van der Waals surface area (Å²) in [5, 5.41) is 0. The van der Waals surface area contributed by atoms with E-state index in [2.05, 4.69) is 19.1 Å². The largest absolute Gasteiger partial charge is 0.343 e. The molecule has 1 aromatic carbocycles. The van der Waals surface area contributed by atoms with Gasteiger partial charge in [-0.1, -0.05) is 37.3 Å². The molecular formula is C15H24N2O. The van der Waals surface area contributed by atoms with Crippen LogP contribution in [0.15, 0.2) is 30.3 Å². The van der Waals surface area contributed by atoms with Crippen LogP contribution in [0.5, 0.6) is 0 Å². The Morgan fingerprint density at radius 3 is 2.56 bits per heavy atom. The highest BCUT2D eigenvalue weighted by molar-refractivity contribution is 5.76. The number of hydrogen-bond donors (Lipinski definition) is 1. The van der Waals surface area contributed by atoms with Crippen molar-refractivity contribution in [2.24, 2.45) is 5.73 Å². The Kier molecular flexibility index (Phi) is 7.11. The Labute approximate surface area is 110 Å². The SMILES string of the molecule is CCCN(CCCN)C(=O)CCc1ccccc1. The molecule has 0 atom stereocenters. The molecule has 0 unspecified atom stereocenters. The number of nitrogens with two attached hydrogens (primary N) is 1. The molecule has 2 N–H and O–H groups in total. The van der Waals surface area contributed by atoms with E-state index in [-0.39, 0.29) is 5.91 Å². The first-order valence-electron chi connectivity index (χ1n) is 6.79. The lowest BCUT2D eigenvalue weighted by molar-refractivity contribution is -0.131. The second kappa shape index (κ2) is 8.70. The van der Waals surface area contributed by atoms with E-state index in [1.807, 2.05) is 23.1 Å². The Hall–Kier alpha value is -1.35. The summed E-state index contributed by atoms with van der Waals surface area (Å²) in [7, 11) is 0. The van der Waals surface area contributed by atoms with E-state index in [0.29, 0.717) is 13.0 Å². The van der Waals surface area contributed by atoms with Gasteiger partial charge in [-0.05, 0) is 31.4 Å². The third kappa shape index (κ3) is 5.32. The number of benzene rings is 1. The van der Waals surface area contributed by atoms with Crippen LogP contribution < -0.4 is 5.73 Å². The van der Waals surface area contributed by atoms with Gasteiger partial charge in [0.2, 0.25) is 5.91 Å². The van der Waals surface area contributed by atoms with Gasteiger partial charge >= 0.3 is 0 Å². The Balaban J connectivity index is 2.40. The van der Waals surface area contributed by atoms with Gasteiger partial charge in [-0.15, -0.1) is 0 Å². The predicted octanol–water partition coefficient (Wildman–Crippen LogP) is 2.21. The quantitative estimate of drug-likeness (QED) is 0.766. The second-order valence-corrected chi connectivity index (χ2v) is 4.51. The lowest BCUT2D eigenvalue weighted by Gasteiger charge is -2.21. The molecule has 1 aromatic rings. The van der Waals surface area contributed by atoms with Gasteiger partial charge in [0.1, 0.15) is 0 Å². The lowest BCUT2D eigenvalue weighted by Crippen LogP contribution is -2.33. The third-order valence-electron chi connectivity index (χ3n) is 2.95. The maximum Gasteiger partial charge on any atom is 0.222 e. The third-order valence-corrected chi connectivity index (χ3v) is 2.95. The number of carbonyl (C=O) groups excluding carboxylic acids is 1. The molecule has 1 amide bonds. The molecule has 3 nitrogen and oxygen atoms in total. The van der Waals surface area contributed by atoms with Crippen LogP contribution in [0.3, 0.4) is 0 Å². The van der Waals surface area contributed by atoms with Crippen LogP contribution in [0.1, 0.15) is 31.7 Å². The maximum absolute atomic E-state index is 12.1. The van der Waals surface area contributed by atoms with Gasteiger partial charge in [-0.3, -0.25) is 4.79 Å². The van der Waals surface area contributed by atoms with Gasteiger partial charge in [0.25, 0.3) is 0 Å². The first-order chi connectivity index (χ1) is 8.77. The summed E-state index contributed by atoms with van der Waals surface area (Å²) in [5.74, 6) is 0.245. The van der Waals surface area contributed by atoms with E-state index in [1.165, 1.54) is 5.56 Å². The molecule has 0 bridgehead atoms. The minimum absolute atomic E-state index is 0.245. The number of carbonyl (C=O) groups is 1. The molecule has 100 valence electrons. The van der Waals surface area contributed by atoms with Gasteiger partial charge in [0.15, 0.2) is 0 Å². The summed E-state index contributed by atoms with van der Waals surface area (Å²) in [6.45, 7) is 4.37. The van der Waals surface area contributed by atoms with Crippen molar-refractivity contribution in [3.63, 3.8) is 0 Å². The fourth-order valence-corrected chi connectivity index (χ4v) is 1.97. The fraction of sp³-hybridized carbons (Fsp3) is 0.533. The normalized spacial score (nSPS) is 10.3. The van der Waals surface area contributed by atoms with Gasteiger partial charge in [0, 0.05) is 19.5 Å². The second-order valence-electron chi connectivity index (χ2n) is 4.51. The van der Waals surface area contributed by atoms with Gasteiger partial charge in [-0.2, -0.15) is 0 Å². The molecule has 0 fully saturated rings. The summed E-state index contributed by atoms with van der Waals surface area (Å²) >= 11 is 0. The van der Waals surface area contributed by atoms with Crippen LogP contribution >= 0.6 is 0 Å². The average Bonchev–Trinajstić information content (AvgIpc) is 2.42. The molecule has 0 aromatic heterocycles. The molecule has 1 rings (SSSR count). The molecule has 3 heteroatoms. The minimum atomic E-state index is 0.245. The molecule has 0 aliphatic rings. The first kappa shape index (κ1) is 14.7. The summed E-state index contributed by atoms with van der Waals surface area (Å²) in [6, 6.07) is 10.2. The summed E-state index contributed by atoms with van der Waals surface area (Å²) in [4.78, 5) is 14.0. The number of nitrogens with zero attached hydrogens (tertiary/aromatic N) is 1. The van der Waals surface area contributed by atoms with Crippen molar-refractivity contribution >= 4 is 5.91 Å². The fourth-order valence-electron chi connectivity index (χ4n) is 1.97. The molecule has 0 saturated heterocycles. The number of hydrogen-bond acceptors (Lipinski definition) is 2. The molecule has 0 radical (unpaired) electrons. The molecule has 0 aliphatic carbocycles. The van der Waals surface area contributed by atoms with E-state index in [1.54, 1.807) is 0 Å². The number of aryl methyl sites for hydroxylation is 1. The molecule has 0 spiro atoms. The highest BCUT2D eigenvalue weighted by Crippen LogP contribution is 2.05. The van der Waals surface area contributed by atoms with Crippen molar-refractivity contribution in [2.45, 2.75) is 32.6 Å². The molecule has 0 heterocycles. The molecule has 0 aliphatic heterocycles. The van der Waals surface area contributed by atoms with Crippen molar-refractivity contribution in [3.8, 4) is 0 Å². The van der Waals surface area contributed by atoms with Crippen LogP contribution in [-0.2, 0) is 11.2 Å². The Morgan fingerprint density at radius 2 is 1.94 bits per heavy atom. The maximum atomic E-state index is 12.1. The molecular weight excluding hydrogens is 224 g/mol. The van der Waals surface area contributed by atoms with Crippen LogP contribution in [0.25, 0.3) is 0 Å². The van der Waals surface area contributed by atoms with Crippen LogP contribution in [0, 0.1) is 0 Å². The molecule has 0 saturated carbocycles. The predicted molar refractivity (Wildman–Crippen MR) is 75.3 cm³/mol. The summed E-state index contributed by atoms with van der Waals surface area (Å²) in [5.41, 5.74) is 6.72. The first-order valence-corrected chi connectivity index (χ1v) is 6.79. The van der Waals surface area contributed by atoms with E-state index in [4.69, 9.17) is 5.73 Å².